The highest BCUT2D eigenvalue weighted by Crippen LogP contribution is 2.19. The van der Waals surface area contributed by atoms with Crippen LogP contribution in [0, 0.1) is 0 Å². The van der Waals surface area contributed by atoms with Gasteiger partial charge in [-0.1, -0.05) is 31.5 Å². The molecule has 2 amide bonds. The predicted molar refractivity (Wildman–Crippen MR) is 83.4 cm³/mol. The summed E-state index contributed by atoms with van der Waals surface area (Å²) in [6.07, 6.45) is 1.05. The van der Waals surface area contributed by atoms with E-state index in [0.29, 0.717) is 11.1 Å². The minimum Gasteiger partial charge on any atom is -0.323 e. The summed E-state index contributed by atoms with van der Waals surface area (Å²) < 4.78 is 0. The van der Waals surface area contributed by atoms with E-state index in [1.165, 1.54) is 0 Å². The van der Waals surface area contributed by atoms with E-state index >= 15 is 0 Å². The number of benzene rings is 1. The summed E-state index contributed by atoms with van der Waals surface area (Å²) in [5.41, 5.74) is 0.744. The minimum atomic E-state index is -0.0399. The lowest BCUT2D eigenvalue weighted by molar-refractivity contribution is 0.202. The van der Waals surface area contributed by atoms with Gasteiger partial charge in [-0.15, -0.1) is 0 Å². The highest BCUT2D eigenvalue weighted by atomic mass is 35.5. The second-order valence-corrected chi connectivity index (χ2v) is 5.49. The van der Waals surface area contributed by atoms with Gasteiger partial charge in [0.05, 0.1) is 0 Å². The predicted octanol–water partition coefficient (Wildman–Crippen LogP) is 3.29. The first-order chi connectivity index (χ1) is 9.63. The van der Waals surface area contributed by atoms with Gasteiger partial charge in [0.2, 0.25) is 0 Å². The molecule has 2 rings (SSSR count). The molecule has 1 aliphatic heterocycles. The number of carbonyl (C=O) groups excluding carboxylic acids is 1. The van der Waals surface area contributed by atoms with Gasteiger partial charge in [-0.3, -0.25) is 4.90 Å². The van der Waals surface area contributed by atoms with Gasteiger partial charge in [0.1, 0.15) is 0 Å². The number of likely N-dealkylation sites (N-methyl/N-ethyl adjacent to an activating group) is 1. The number of nitrogens with zero attached hydrogens (tertiary/aromatic N) is 2. The first-order valence-corrected chi connectivity index (χ1v) is 7.57. The molecule has 1 fully saturated rings. The van der Waals surface area contributed by atoms with Crippen LogP contribution in [-0.2, 0) is 0 Å². The molecule has 110 valence electrons. The molecule has 0 spiro atoms. The number of anilines is 1. The zero-order valence-corrected chi connectivity index (χ0v) is 12.9. The van der Waals surface area contributed by atoms with Gasteiger partial charge < -0.3 is 10.2 Å². The second-order valence-electron chi connectivity index (χ2n) is 5.05. The van der Waals surface area contributed by atoms with Gasteiger partial charge in [0, 0.05) is 29.8 Å². The largest absolute Gasteiger partial charge is 0.323 e. The Labute approximate surface area is 125 Å². The third-order valence-corrected chi connectivity index (χ3v) is 4.09. The van der Waals surface area contributed by atoms with Crippen LogP contribution in [-0.4, -0.2) is 48.1 Å². The topological polar surface area (TPSA) is 35.6 Å². The van der Waals surface area contributed by atoms with Crippen molar-refractivity contribution >= 4 is 23.3 Å². The summed E-state index contributed by atoms with van der Waals surface area (Å²) in [6, 6.07) is 7.68. The van der Waals surface area contributed by atoms with E-state index in [4.69, 9.17) is 11.6 Å². The lowest BCUT2D eigenvalue weighted by atomic mass is 10.2. The molecular formula is C15H22ClN3O. The zero-order valence-electron chi connectivity index (χ0n) is 12.1. The number of urea groups is 1. The minimum absolute atomic E-state index is 0.0399. The first-order valence-electron chi connectivity index (χ1n) is 7.19. The molecule has 5 heteroatoms. The maximum absolute atomic E-state index is 12.2. The third kappa shape index (κ3) is 3.64. The molecule has 20 heavy (non-hydrogen) atoms. The molecule has 1 atom stereocenters. The quantitative estimate of drug-likeness (QED) is 0.925. The number of hydrogen-bond donors (Lipinski definition) is 1. The summed E-state index contributed by atoms with van der Waals surface area (Å²) in [7, 11) is 0. The molecule has 0 aromatic heterocycles. The first kappa shape index (κ1) is 15.1. The molecule has 1 aliphatic rings. The molecule has 0 bridgehead atoms. The molecule has 1 heterocycles. The molecule has 0 radical (unpaired) electrons. The third-order valence-electron chi connectivity index (χ3n) is 3.86. The molecule has 1 aromatic carbocycles. The van der Waals surface area contributed by atoms with Crippen LogP contribution in [0.4, 0.5) is 10.5 Å². The van der Waals surface area contributed by atoms with Gasteiger partial charge >= 0.3 is 6.03 Å². The molecule has 1 saturated heterocycles. The molecule has 0 aliphatic carbocycles. The van der Waals surface area contributed by atoms with E-state index in [1.807, 2.05) is 17.0 Å². The fourth-order valence-corrected chi connectivity index (χ4v) is 2.92. The van der Waals surface area contributed by atoms with E-state index in [-0.39, 0.29) is 6.03 Å². The van der Waals surface area contributed by atoms with Crippen LogP contribution in [0.3, 0.4) is 0 Å². The molecular weight excluding hydrogens is 274 g/mol. The van der Waals surface area contributed by atoms with Crippen LogP contribution in [0.5, 0.6) is 0 Å². The summed E-state index contributed by atoms with van der Waals surface area (Å²) in [6.45, 7) is 8.01. The molecule has 1 aromatic rings. The summed E-state index contributed by atoms with van der Waals surface area (Å²) >= 11 is 5.92. The van der Waals surface area contributed by atoms with Crippen molar-refractivity contribution in [3.63, 3.8) is 0 Å². The van der Waals surface area contributed by atoms with E-state index in [0.717, 1.165) is 38.3 Å². The Kier molecular flexibility index (Phi) is 5.26. The summed E-state index contributed by atoms with van der Waals surface area (Å²) in [4.78, 5) is 16.5. The van der Waals surface area contributed by atoms with Crippen molar-refractivity contribution in [3.05, 3.63) is 29.3 Å². The smallest absolute Gasteiger partial charge is 0.321 e. The maximum atomic E-state index is 12.2. The molecule has 1 N–H and O–H groups in total. The van der Waals surface area contributed by atoms with Crippen LogP contribution in [0.15, 0.2) is 24.3 Å². The molecule has 1 unspecified atom stereocenters. The van der Waals surface area contributed by atoms with Gasteiger partial charge in [-0.2, -0.15) is 0 Å². The number of carbonyl (C=O) groups is 1. The zero-order chi connectivity index (χ0) is 14.5. The number of halogens is 1. The fraction of sp³-hybridized carbons (Fsp3) is 0.533. The van der Waals surface area contributed by atoms with Crippen molar-refractivity contribution in [2.75, 3.05) is 31.5 Å². The molecule has 4 nitrogen and oxygen atoms in total. The SMILES string of the molecule is CCN(CC)C1CCN(C(=O)Nc2cccc(Cl)c2)C1. The molecule has 0 saturated carbocycles. The van der Waals surface area contributed by atoms with Gasteiger partial charge in [0.25, 0.3) is 0 Å². The second kappa shape index (κ2) is 6.95. The van der Waals surface area contributed by atoms with Crippen molar-refractivity contribution in [2.24, 2.45) is 0 Å². The number of likely N-dealkylation sites (tertiary alicyclic amines) is 1. The Morgan fingerprint density at radius 2 is 2.20 bits per heavy atom. The van der Waals surface area contributed by atoms with Crippen molar-refractivity contribution < 1.29 is 4.79 Å². The Hall–Kier alpha value is -1.26. The Bertz CT molecular complexity index is 462. The average Bonchev–Trinajstić information content (AvgIpc) is 2.90. The van der Waals surface area contributed by atoms with Gasteiger partial charge in [-0.25, -0.2) is 4.79 Å². The Morgan fingerprint density at radius 3 is 2.85 bits per heavy atom. The van der Waals surface area contributed by atoms with E-state index in [9.17, 15) is 4.79 Å². The number of amides is 2. The van der Waals surface area contributed by atoms with Crippen LogP contribution in [0.2, 0.25) is 5.02 Å². The van der Waals surface area contributed by atoms with E-state index in [1.54, 1.807) is 12.1 Å². The van der Waals surface area contributed by atoms with Crippen LogP contribution in [0.1, 0.15) is 20.3 Å². The standard InChI is InChI=1S/C15H22ClN3O/c1-3-18(4-2)14-8-9-19(11-14)15(20)17-13-7-5-6-12(16)10-13/h5-7,10,14H,3-4,8-9,11H2,1-2H3,(H,17,20). The van der Waals surface area contributed by atoms with Crippen molar-refractivity contribution in [3.8, 4) is 0 Å². The van der Waals surface area contributed by atoms with Crippen molar-refractivity contribution in [1.82, 2.24) is 9.80 Å². The summed E-state index contributed by atoms with van der Waals surface area (Å²) in [5.74, 6) is 0. The van der Waals surface area contributed by atoms with Crippen LogP contribution < -0.4 is 5.32 Å². The Balaban J connectivity index is 1.91. The fourth-order valence-electron chi connectivity index (χ4n) is 2.73. The van der Waals surface area contributed by atoms with Crippen molar-refractivity contribution in [2.45, 2.75) is 26.3 Å². The monoisotopic (exact) mass is 295 g/mol. The lowest BCUT2D eigenvalue weighted by Gasteiger charge is -2.26. The lowest BCUT2D eigenvalue weighted by Crippen LogP contribution is -2.39. The van der Waals surface area contributed by atoms with Crippen LogP contribution in [0.25, 0.3) is 0 Å². The van der Waals surface area contributed by atoms with E-state index < -0.39 is 0 Å². The highest BCUT2D eigenvalue weighted by molar-refractivity contribution is 6.30. The Morgan fingerprint density at radius 1 is 1.45 bits per heavy atom. The number of rotatable bonds is 4. The summed E-state index contributed by atoms with van der Waals surface area (Å²) in [5, 5.41) is 3.53. The van der Waals surface area contributed by atoms with Gasteiger partial charge in [0.15, 0.2) is 0 Å². The van der Waals surface area contributed by atoms with Gasteiger partial charge in [-0.05, 0) is 37.7 Å². The number of hydrogen-bond acceptors (Lipinski definition) is 2. The highest BCUT2D eigenvalue weighted by Gasteiger charge is 2.29. The van der Waals surface area contributed by atoms with Crippen LogP contribution >= 0.6 is 11.6 Å². The van der Waals surface area contributed by atoms with Crippen molar-refractivity contribution in [1.29, 1.82) is 0 Å². The maximum Gasteiger partial charge on any atom is 0.321 e. The van der Waals surface area contributed by atoms with E-state index in [2.05, 4.69) is 24.1 Å². The average molecular weight is 296 g/mol. The number of nitrogens with one attached hydrogen (secondary N) is 1. The normalized spacial score (nSPS) is 18.6.